The Morgan fingerprint density at radius 1 is 1.12 bits per heavy atom. The van der Waals surface area contributed by atoms with Gasteiger partial charge in [-0.25, -0.2) is 18.2 Å². The third-order valence-corrected chi connectivity index (χ3v) is 5.34. The van der Waals surface area contributed by atoms with Gasteiger partial charge in [-0.15, -0.1) is 0 Å². The van der Waals surface area contributed by atoms with Gasteiger partial charge in [0.2, 0.25) is 11.9 Å². The van der Waals surface area contributed by atoms with E-state index in [4.69, 9.17) is 4.74 Å². The molecule has 0 fully saturated rings. The molecule has 0 saturated carbocycles. The summed E-state index contributed by atoms with van der Waals surface area (Å²) >= 11 is 0. The van der Waals surface area contributed by atoms with Gasteiger partial charge < -0.3 is 20.3 Å². The number of aromatic nitrogens is 2. The number of nitrogens with zero attached hydrogens (tertiary/aromatic N) is 3. The first-order valence-corrected chi connectivity index (χ1v) is 10.4. The lowest BCUT2D eigenvalue weighted by molar-refractivity contribution is -0.117. The Morgan fingerprint density at radius 3 is 2.48 bits per heavy atom. The Kier molecular flexibility index (Phi) is 6.34. The first-order chi connectivity index (χ1) is 15.9. The molecule has 172 valence electrons. The van der Waals surface area contributed by atoms with Crippen LogP contribution in [0.3, 0.4) is 0 Å². The van der Waals surface area contributed by atoms with E-state index in [0.717, 1.165) is 17.7 Å². The van der Waals surface area contributed by atoms with Gasteiger partial charge in [0.25, 0.3) is 0 Å². The molecule has 0 unspecified atom stereocenters. The van der Waals surface area contributed by atoms with Gasteiger partial charge in [-0.05, 0) is 41.8 Å². The minimum absolute atomic E-state index is 0.0752. The normalized spacial score (nSPS) is 15.1. The number of fused-ring (bicyclic) bond motifs is 1. The molecule has 2 aromatic carbocycles. The molecule has 1 aliphatic rings. The van der Waals surface area contributed by atoms with Crippen molar-refractivity contribution >= 4 is 23.4 Å². The van der Waals surface area contributed by atoms with E-state index in [9.17, 15) is 18.0 Å². The number of ether oxygens (including phenoxy) is 1. The number of carbonyl (C=O) groups is 1. The summed E-state index contributed by atoms with van der Waals surface area (Å²) < 4.78 is 45.2. The van der Waals surface area contributed by atoms with Gasteiger partial charge in [0, 0.05) is 13.6 Å². The monoisotopic (exact) mass is 457 g/mol. The largest absolute Gasteiger partial charge is 0.489 e. The number of benzene rings is 2. The number of likely N-dealkylation sites (N-methyl/N-ethyl adjacent to an activating group) is 1. The first-order valence-electron chi connectivity index (χ1n) is 10.4. The van der Waals surface area contributed by atoms with Crippen LogP contribution in [0.15, 0.2) is 42.6 Å². The maximum absolute atomic E-state index is 13.3. The third-order valence-electron chi connectivity index (χ3n) is 5.34. The van der Waals surface area contributed by atoms with Gasteiger partial charge in [0.15, 0.2) is 23.3 Å². The Morgan fingerprint density at radius 2 is 1.82 bits per heavy atom. The van der Waals surface area contributed by atoms with Crippen molar-refractivity contribution in [3.8, 4) is 5.75 Å². The maximum atomic E-state index is 13.3. The van der Waals surface area contributed by atoms with Gasteiger partial charge in [-0.2, -0.15) is 4.98 Å². The molecule has 0 saturated heterocycles. The minimum atomic E-state index is -1.50. The lowest BCUT2D eigenvalue weighted by atomic mass is 10.1. The van der Waals surface area contributed by atoms with Crippen molar-refractivity contribution in [3.05, 3.63) is 71.2 Å². The predicted octanol–water partition coefficient (Wildman–Crippen LogP) is 4.25. The Labute approximate surface area is 188 Å². The minimum Gasteiger partial charge on any atom is -0.489 e. The molecule has 4 rings (SSSR count). The van der Waals surface area contributed by atoms with Crippen molar-refractivity contribution in [2.24, 2.45) is 0 Å². The summed E-state index contributed by atoms with van der Waals surface area (Å²) in [5.74, 6) is -2.51. The van der Waals surface area contributed by atoms with E-state index in [1.54, 1.807) is 18.3 Å². The highest BCUT2D eigenvalue weighted by Crippen LogP contribution is 2.30. The van der Waals surface area contributed by atoms with Crippen LogP contribution >= 0.6 is 0 Å². The van der Waals surface area contributed by atoms with Crippen molar-refractivity contribution in [3.63, 3.8) is 0 Å². The Bertz CT molecular complexity index is 1150. The van der Waals surface area contributed by atoms with E-state index in [0.29, 0.717) is 36.2 Å². The van der Waals surface area contributed by atoms with Gasteiger partial charge >= 0.3 is 0 Å². The summed E-state index contributed by atoms with van der Waals surface area (Å²) in [5.41, 5.74) is 1.68. The molecule has 2 heterocycles. The molecule has 7 nitrogen and oxygen atoms in total. The molecule has 1 aromatic heterocycles. The van der Waals surface area contributed by atoms with E-state index in [1.165, 1.54) is 0 Å². The number of hydrogen-bond acceptors (Lipinski definition) is 6. The van der Waals surface area contributed by atoms with Gasteiger partial charge in [0.05, 0.1) is 6.20 Å². The van der Waals surface area contributed by atoms with Crippen LogP contribution in [0.1, 0.15) is 24.5 Å². The average Bonchev–Trinajstić information content (AvgIpc) is 2.81. The molecule has 1 aliphatic heterocycles. The van der Waals surface area contributed by atoms with Crippen molar-refractivity contribution in [1.29, 1.82) is 0 Å². The smallest absolute Gasteiger partial charge is 0.247 e. The van der Waals surface area contributed by atoms with Crippen molar-refractivity contribution in [1.82, 2.24) is 9.97 Å². The van der Waals surface area contributed by atoms with Crippen molar-refractivity contribution in [2.75, 3.05) is 22.6 Å². The van der Waals surface area contributed by atoms with E-state index in [-0.39, 0.29) is 24.1 Å². The third kappa shape index (κ3) is 4.84. The van der Waals surface area contributed by atoms with Crippen LogP contribution in [0.25, 0.3) is 0 Å². The summed E-state index contributed by atoms with van der Waals surface area (Å²) in [6.45, 7) is 2.29. The van der Waals surface area contributed by atoms with Gasteiger partial charge in [-0.3, -0.25) is 4.79 Å². The second-order valence-corrected chi connectivity index (χ2v) is 7.61. The number of carbonyl (C=O) groups excluding carboxylic acids is 1. The summed E-state index contributed by atoms with van der Waals surface area (Å²) in [4.78, 5) is 22.7. The zero-order chi connectivity index (χ0) is 23.5. The number of rotatable bonds is 7. The molecule has 2 N–H and O–H groups in total. The van der Waals surface area contributed by atoms with E-state index in [1.807, 2.05) is 31.0 Å². The van der Waals surface area contributed by atoms with Crippen LogP contribution in [0.2, 0.25) is 0 Å². The lowest BCUT2D eigenvalue weighted by Crippen LogP contribution is -2.46. The van der Waals surface area contributed by atoms with Gasteiger partial charge in [0.1, 0.15) is 24.1 Å². The Balaban J connectivity index is 1.35. The fourth-order valence-electron chi connectivity index (χ4n) is 3.56. The second-order valence-electron chi connectivity index (χ2n) is 7.61. The van der Waals surface area contributed by atoms with Crippen LogP contribution in [-0.2, 0) is 17.9 Å². The molecular formula is C23H22F3N5O2. The number of halogens is 3. The van der Waals surface area contributed by atoms with E-state index < -0.39 is 17.5 Å². The molecule has 33 heavy (non-hydrogen) atoms. The van der Waals surface area contributed by atoms with Crippen molar-refractivity contribution < 1.29 is 22.7 Å². The molecule has 3 aromatic rings. The zero-order valence-electron chi connectivity index (χ0n) is 18.0. The number of amides is 1. The molecular weight excluding hydrogens is 435 g/mol. The molecule has 1 atom stereocenters. The molecule has 10 heteroatoms. The van der Waals surface area contributed by atoms with Crippen molar-refractivity contribution in [2.45, 2.75) is 32.5 Å². The number of hydrogen-bond donors (Lipinski definition) is 2. The fraction of sp³-hybridized carbons (Fsp3) is 0.261. The number of nitrogens with one attached hydrogen (secondary N) is 2. The summed E-state index contributed by atoms with van der Waals surface area (Å²) in [6.07, 6.45) is 2.23. The quantitative estimate of drug-likeness (QED) is 0.517. The highest BCUT2D eigenvalue weighted by Gasteiger charge is 2.30. The molecule has 0 bridgehead atoms. The summed E-state index contributed by atoms with van der Waals surface area (Å²) in [5, 5.41) is 5.97. The average molecular weight is 457 g/mol. The molecule has 0 spiro atoms. The molecule has 0 aliphatic carbocycles. The van der Waals surface area contributed by atoms with E-state index in [2.05, 4.69) is 20.6 Å². The molecule has 1 amide bonds. The fourth-order valence-corrected chi connectivity index (χ4v) is 3.56. The van der Waals surface area contributed by atoms with Gasteiger partial charge in [-0.1, -0.05) is 19.1 Å². The first kappa shape index (κ1) is 22.4. The van der Waals surface area contributed by atoms with Crippen LogP contribution < -0.4 is 20.3 Å². The topological polar surface area (TPSA) is 79.4 Å². The highest BCUT2D eigenvalue weighted by molar-refractivity contribution is 6.02. The highest BCUT2D eigenvalue weighted by atomic mass is 19.2. The Hall–Kier alpha value is -3.82. The van der Waals surface area contributed by atoms with Crippen LogP contribution in [0.4, 0.5) is 30.6 Å². The number of anilines is 3. The SMILES string of the molecule is CC[C@H]1C(=O)Nc2cnc(NCc3ccc(OCc4cc(F)c(F)c(F)c4)cc3)nc2N1C. The molecule has 0 radical (unpaired) electrons. The van der Waals surface area contributed by atoms with Crippen LogP contribution in [0, 0.1) is 17.5 Å². The lowest BCUT2D eigenvalue weighted by Gasteiger charge is -2.33. The maximum Gasteiger partial charge on any atom is 0.247 e. The van der Waals surface area contributed by atoms with Crippen LogP contribution in [-0.4, -0.2) is 29.0 Å². The standard InChI is InChI=1S/C23H22F3N5O2/c1-3-19-22(32)29-18-11-28-23(30-21(18)31(19)2)27-10-13-4-6-15(7-5-13)33-12-14-8-16(24)20(26)17(25)9-14/h4-9,11,19H,3,10,12H2,1-2H3,(H,29,32)(H,27,28,30)/t19-/m0/s1. The summed E-state index contributed by atoms with van der Waals surface area (Å²) in [6, 6.07) is 8.61. The van der Waals surface area contributed by atoms with Crippen LogP contribution in [0.5, 0.6) is 5.75 Å². The second kappa shape index (κ2) is 9.35. The predicted molar refractivity (Wildman–Crippen MR) is 118 cm³/mol. The van der Waals surface area contributed by atoms with E-state index >= 15 is 0 Å². The zero-order valence-corrected chi connectivity index (χ0v) is 18.0. The summed E-state index contributed by atoms with van der Waals surface area (Å²) in [7, 11) is 1.83.